The van der Waals surface area contributed by atoms with Crippen LogP contribution in [0.1, 0.15) is 42.0 Å². The van der Waals surface area contributed by atoms with E-state index in [1.54, 1.807) is 0 Å². The lowest BCUT2D eigenvalue weighted by Gasteiger charge is -2.34. The summed E-state index contributed by atoms with van der Waals surface area (Å²) < 4.78 is 0. The Hall–Kier alpha value is -2.62. The van der Waals surface area contributed by atoms with Crippen molar-refractivity contribution in [3.63, 3.8) is 0 Å². The molecule has 0 bridgehead atoms. The summed E-state index contributed by atoms with van der Waals surface area (Å²) in [7, 11) is 0. The van der Waals surface area contributed by atoms with E-state index < -0.39 is 0 Å². The normalized spacial score (nSPS) is 20.0. The van der Waals surface area contributed by atoms with Gasteiger partial charge >= 0.3 is 0 Å². The maximum atomic E-state index is 13.9. The molecule has 1 amide bonds. The molecule has 3 aromatic rings. The van der Waals surface area contributed by atoms with Gasteiger partial charge in [-0.2, -0.15) is 0 Å². The van der Waals surface area contributed by atoms with Gasteiger partial charge in [-0.3, -0.25) is 4.79 Å². The van der Waals surface area contributed by atoms with Crippen LogP contribution in [0.2, 0.25) is 5.02 Å². The molecule has 2 atom stereocenters. The molecule has 4 rings (SSSR count). The summed E-state index contributed by atoms with van der Waals surface area (Å²) in [5.41, 5.74) is 3.47. The van der Waals surface area contributed by atoms with E-state index in [0.29, 0.717) is 13.0 Å². The van der Waals surface area contributed by atoms with Crippen LogP contribution in [0.25, 0.3) is 0 Å². The van der Waals surface area contributed by atoms with Gasteiger partial charge in [0, 0.05) is 11.6 Å². The Morgan fingerprint density at radius 3 is 2.16 bits per heavy atom. The van der Waals surface area contributed by atoms with Crippen molar-refractivity contribution in [3.8, 4) is 0 Å². The first-order valence-corrected chi connectivity index (χ1v) is 11.5. The highest BCUT2D eigenvalue weighted by Gasteiger charge is 2.31. The van der Waals surface area contributed by atoms with Gasteiger partial charge in [-0.1, -0.05) is 84.4 Å². The van der Waals surface area contributed by atoms with Crippen LogP contribution < -0.4 is 5.32 Å². The number of amides is 1. The molecule has 0 unspecified atom stereocenters. The summed E-state index contributed by atoms with van der Waals surface area (Å²) in [6, 6.07) is 28.3. The van der Waals surface area contributed by atoms with Gasteiger partial charge in [0.05, 0.1) is 12.1 Å². The fraction of sp³-hybridized carbons (Fsp3) is 0.296. The Kier molecular flexibility index (Phi) is 7.39. The molecule has 0 radical (unpaired) electrons. The smallest absolute Gasteiger partial charge is 0.240 e. The molecular formula is C27H29ClN2O. The Bertz CT molecular complexity index is 960. The van der Waals surface area contributed by atoms with Crippen LogP contribution in [0.5, 0.6) is 0 Å². The predicted octanol–water partition coefficient (Wildman–Crippen LogP) is 5.79. The average molecular weight is 433 g/mol. The minimum atomic E-state index is -0.237. The molecule has 1 aliphatic rings. The van der Waals surface area contributed by atoms with Gasteiger partial charge in [-0.25, -0.2) is 0 Å². The van der Waals surface area contributed by atoms with Gasteiger partial charge in [-0.15, -0.1) is 0 Å². The first kappa shape index (κ1) is 21.6. The number of halogens is 1. The van der Waals surface area contributed by atoms with Gasteiger partial charge in [0.1, 0.15) is 0 Å². The Morgan fingerprint density at radius 1 is 0.839 bits per heavy atom. The van der Waals surface area contributed by atoms with Gasteiger partial charge in [0.25, 0.3) is 0 Å². The molecule has 0 saturated carbocycles. The number of nitrogens with one attached hydrogen (secondary N) is 1. The summed E-state index contributed by atoms with van der Waals surface area (Å²) in [5, 5.41) is 4.26. The molecule has 4 heteroatoms. The highest BCUT2D eigenvalue weighted by atomic mass is 35.5. The summed E-state index contributed by atoms with van der Waals surface area (Å²) in [6.45, 7) is 1.45. The van der Waals surface area contributed by atoms with Crippen molar-refractivity contribution in [2.75, 3.05) is 6.54 Å². The molecule has 1 aliphatic heterocycles. The third-order valence-corrected chi connectivity index (χ3v) is 6.24. The molecule has 31 heavy (non-hydrogen) atoms. The number of hydrogen-bond acceptors (Lipinski definition) is 2. The topological polar surface area (TPSA) is 32.3 Å². The van der Waals surface area contributed by atoms with Crippen LogP contribution in [0, 0.1) is 0 Å². The largest absolute Gasteiger partial charge is 0.330 e. The molecular weight excluding hydrogens is 404 g/mol. The van der Waals surface area contributed by atoms with E-state index in [1.165, 1.54) is 5.56 Å². The van der Waals surface area contributed by atoms with Crippen LogP contribution in [0.15, 0.2) is 84.9 Å². The number of nitrogens with zero attached hydrogens (tertiary/aromatic N) is 1. The highest BCUT2D eigenvalue weighted by Crippen LogP contribution is 2.31. The lowest BCUT2D eigenvalue weighted by molar-refractivity contribution is -0.136. The van der Waals surface area contributed by atoms with Gasteiger partial charge in [0.15, 0.2) is 0 Å². The standard InChI is InChI=1S/C27H29ClN2O/c28-24-16-14-23(15-17-24)26-13-7-8-18-29-25(19-21-9-3-1-4-10-21)27(31)30(26)20-22-11-5-2-6-12-22/h1-6,9-12,14-17,25-26,29H,7-8,13,18-20H2/t25-,26-/m0/s1. The third-order valence-electron chi connectivity index (χ3n) is 5.99. The summed E-state index contributed by atoms with van der Waals surface area (Å²) in [6.07, 6.45) is 3.76. The fourth-order valence-electron chi connectivity index (χ4n) is 4.34. The van der Waals surface area contributed by atoms with E-state index in [4.69, 9.17) is 11.6 Å². The molecule has 1 saturated heterocycles. The second kappa shape index (κ2) is 10.6. The quantitative estimate of drug-likeness (QED) is 0.553. The van der Waals surface area contributed by atoms with Crippen molar-refractivity contribution in [1.82, 2.24) is 10.2 Å². The van der Waals surface area contributed by atoms with Crippen LogP contribution in [0.4, 0.5) is 0 Å². The molecule has 3 nitrogen and oxygen atoms in total. The van der Waals surface area contributed by atoms with Crippen molar-refractivity contribution in [3.05, 3.63) is 107 Å². The van der Waals surface area contributed by atoms with Crippen LogP contribution >= 0.6 is 11.6 Å². The lowest BCUT2D eigenvalue weighted by Crippen LogP contribution is -2.48. The van der Waals surface area contributed by atoms with Crippen molar-refractivity contribution in [2.24, 2.45) is 0 Å². The molecule has 0 aromatic heterocycles. The van der Waals surface area contributed by atoms with Crippen LogP contribution in [-0.4, -0.2) is 23.4 Å². The zero-order valence-electron chi connectivity index (χ0n) is 17.7. The second-order valence-corrected chi connectivity index (χ2v) is 8.65. The second-order valence-electron chi connectivity index (χ2n) is 8.21. The van der Waals surface area contributed by atoms with Crippen LogP contribution in [0.3, 0.4) is 0 Å². The fourth-order valence-corrected chi connectivity index (χ4v) is 4.47. The molecule has 3 aromatic carbocycles. The minimum Gasteiger partial charge on any atom is -0.330 e. The van der Waals surface area contributed by atoms with E-state index in [-0.39, 0.29) is 18.0 Å². The zero-order valence-corrected chi connectivity index (χ0v) is 18.5. The number of hydrogen-bond donors (Lipinski definition) is 1. The van der Waals surface area contributed by atoms with Crippen molar-refractivity contribution in [2.45, 2.75) is 44.3 Å². The SMILES string of the molecule is O=C1[C@H](Cc2ccccc2)NCCCC[C@@H](c2ccc(Cl)cc2)N1Cc1ccccc1. The summed E-state index contributed by atoms with van der Waals surface area (Å²) in [4.78, 5) is 16.0. The Balaban J connectivity index is 1.68. The van der Waals surface area contributed by atoms with Crippen molar-refractivity contribution >= 4 is 17.5 Å². The highest BCUT2D eigenvalue weighted by molar-refractivity contribution is 6.30. The molecule has 0 aliphatic carbocycles. The van der Waals surface area contributed by atoms with E-state index in [9.17, 15) is 4.79 Å². The Labute approximate surface area is 190 Å². The predicted molar refractivity (Wildman–Crippen MR) is 127 cm³/mol. The minimum absolute atomic E-state index is 0.0307. The average Bonchev–Trinajstić information content (AvgIpc) is 2.87. The molecule has 160 valence electrons. The monoisotopic (exact) mass is 432 g/mol. The van der Waals surface area contributed by atoms with Crippen molar-refractivity contribution in [1.29, 1.82) is 0 Å². The van der Waals surface area contributed by atoms with Gasteiger partial charge in [0.2, 0.25) is 5.91 Å². The molecule has 1 fully saturated rings. The first-order chi connectivity index (χ1) is 15.2. The molecule has 1 N–H and O–H groups in total. The maximum Gasteiger partial charge on any atom is 0.240 e. The molecule has 0 spiro atoms. The number of carbonyl (C=O) groups excluding carboxylic acids is 1. The lowest BCUT2D eigenvalue weighted by atomic mass is 9.97. The van der Waals surface area contributed by atoms with E-state index >= 15 is 0 Å². The Morgan fingerprint density at radius 2 is 1.48 bits per heavy atom. The zero-order chi connectivity index (χ0) is 21.5. The third kappa shape index (κ3) is 5.75. The number of rotatable bonds is 5. The first-order valence-electron chi connectivity index (χ1n) is 11.1. The van der Waals surface area contributed by atoms with E-state index in [0.717, 1.165) is 42.0 Å². The maximum absolute atomic E-state index is 13.9. The van der Waals surface area contributed by atoms with Gasteiger partial charge in [-0.05, 0) is 61.1 Å². The molecule has 1 heterocycles. The number of benzene rings is 3. The van der Waals surface area contributed by atoms with Crippen LogP contribution in [-0.2, 0) is 17.8 Å². The van der Waals surface area contributed by atoms with Gasteiger partial charge < -0.3 is 10.2 Å². The van der Waals surface area contributed by atoms with E-state index in [2.05, 4.69) is 46.6 Å². The summed E-state index contributed by atoms with van der Waals surface area (Å²) in [5.74, 6) is 0.162. The van der Waals surface area contributed by atoms with E-state index in [1.807, 2.05) is 48.5 Å². The number of carbonyl (C=O) groups is 1. The summed E-state index contributed by atoms with van der Waals surface area (Å²) >= 11 is 6.15. The van der Waals surface area contributed by atoms with Crippen molar-refractivity contribution < 1.29 is 4.79 Å².